The monoisotopic (exact) mass is 556 g/mol. The molecular weight excluding hydrogens is 530 g/mol. The molecule has 0 heterocycles. The number of carbonyl (C=O) groups is 2. The lowest BCUT2D eigenvalue weighted by Gasteiger charge is -2.37. The number of alkyl halides is 4. The predicted octanol–water partition coefficient (Wildman–Crippen LogP) is 4.28. The molecule has 0 spiro atoms. The van der Waals surface area contributed by atoms with Crippen molar-refractivity contribution in [3.05, 3.63) is 34.4 Å². The third kappa shape index (κ3) is 6.01. The zero-order chi connectivity index (χ0) is 27.2. The Kier molecular flexibility index (Phi) is 7.75. The summed E-state index contributed by atoms with van der Waals surface area (Å²) in [6.07, 6.45) is -4.90. The molecule has 3 aliphatic rings. The molecule has 4 rings (SSSR count). The van der Waals surface area contributed by atoms with E-state index in [9.17, 15) is 32.3 Å². The van der Waals surface area contributed by atoms with Crippen LogP contribution in [0.5, 0.6) is 0 Å². The Morgan fingerprint density at radius 3 is 2.43 bits per heavy atom. The fourth-order valence-electron chi connectivity index (χ4n) is 6.06. The number of hydrogen-bond acceptors (Lipinski definition) is 4. The van der Waals surface area contributed by atoms with E-state index >= 15 is 8.78 Å². The predicted molar refractivity (Wildman–Crippen MR) is 119 cm³/mol. The molecule has 4 atom stereocenters. The number of benzene rings is 1. The molecule has 1 aromatic rings. The summed E-state index contributed by atoms with van der Waals surface area (Å²) in [4.78, 5) is 25.2. The molecule has 3 saturated carbocycles. The minimum atomic E-state index is -4.60. The molecule has 3 N–H and O–H groups in total. The smallest absolute Gasteiger partial charge is 0.391 e. The zero-order valence-electron chi connectivity index (χ0n) is 19.6. The summed E-state index contributed by atoms with van der Waals surface area (Å²) in [5.74, 6) is -4.39. The number of aliphatic hydroxyl groups is 1. The fraction of sp³-hybridized carbons (Fsp3) is 0.667. The first-order chi connectivity index (χ1) is 17.2. The van der Waals surface area contributed by atoms with Crippen LogP contribution in [0.4, 0.5) is 26.3 Å². The van der Waals surface area contributed by atoms with Gasteiger partial charge >= 0.3 is 6.18 Å². The standard InChI is InChI=1S/C24H27ClF6N2O4/c25-13-1-2-14(26)18(19(13)27)20(22-3-5-23(28,10-22)6-4-22)33-21(36)12-7-15(16(34)8-12)32-17(35)9-37-11-24(29,30)31/h1-2,12,15-16,20,34H,3-11H2,(H,32,35)(H,33,36)/t12-,15-,16+,20+,22?,23?/m0/s1. The highest BCUT2D eigenvalue weighted by atomic mass is 35.5. The van der Waals surface area contributed by atoms with E-state index in [1.807, 2.05) is 0 Å². The average Bonchev–Trinajstić information content (AvgIpc) is 3.46. The molecule has 37 heavy (non-hydrogen) atoms. The molecule has 2 amide bonds. The maximum atomic E-state index is 15.1. The molecule has 13 heteroatoms. The highest BCUT2D eigenvalue weighted by Gasteiger charge is 2.59. The van der Waals surface area contributed by atoms with Crippen LogP contribution < -0.4 is 10.6 Å². The number of hydrogen-bond donors (Lipinski definition) is 3. The molecule has 0 radical (unpaired) electrons. The van der Waals surface area contributed by atoms with Crippen molar-refractivity contribution in [3.8, 4) is 0 Å². The van der Waals surface area contributed by atoms with Crippen molar-refractivity contribution in [2.75, 3.05) is 13.2 Å². The van der Waals surface area contributed by atoms with E-state index in [4.69, 9.17) is 11.6 Å². The third-order valence-electron chi connectivity index (χ3n) is 7.82. The lowest BCUT2D eigenvalue weighted by Crippen LogP contribution is -2.43. The molecule has 0 saturated heterocycles. The van der Waals surface area contributed by atoms with Gasteiger partial charge in [-0.1, -0.05) is 11.6 Å². The van der Waals surface area contributed by atoms with Crippen LogP contribution in [0.2, 0.25) is 5.02 Å². The Morgan fingerprint density at radius 1 is 1.16 bits per heavy atom. The molecular formula is C24H27ClF6N2O4. The lowest BCUT2D eigenvalue weighted by molar-refractivity contribution is -0.175. The molecule has 6 nitrogen and oxygen atoms in total. The van der Waals surface area contributed by atoms with Crippen molar-refractivity contribution in [3.63, 3.8) is 0 Å². The van der Waals surface area contributed by atoms with Crippen LogP contribution in [0.15, 0.2) is 12.1 Å². The second-order valence-electron chi connectivity index (χ2n) is 10.4. The van der Waals surface area contributed by atoms with Crippen LogP contribution in [-0.2, 0) is 14.3 Å². The van der Waals surface area contributed by atoms with Crippen LogP contribution in [0.1, 0.15) is 56.6 Å². The maximum Gasteiger partial charge on any atom is 0.411 e. The van der Waals surface area contributed by atoms with Crippen LogP contribution in [0.25, 0.3) is 0 Å². The van der Waals surface area contributed by atoms with Gasteiger partial charge in [0.05, 0.1) is 23.2 Å². The van der Waals surface area contributed by atoms with Gasteiger partial charge in [0.15, 0.2) is 0 Å². The first kappa shape index (κ1) is 28.0. The quantitative estimate of drug-likeness (QED) is 0.329. The van der Waals surface area contributed by atoms with Gasteiger partial charge in [0.25, 0.3) is 0 Å². The Bertz CT molecular complexity index is 1050. The molecule has 206 valence electrons. The van der Waals surface area contributed by atoms with Gasteiger partial charge in [-0.15, -0.1) is 0 Å². The highest BCUT2D eigenvalue weighted by Crippen LogP contribution is 2.63. The number of amides is 2. The summed E-state index contributed by atoms with van der Waals surface area (Å²) in [5.41, 5.74) is -2.84. The van der Waals surface area contributed by atoms with E-state index in [0.717, 1.165) is 12.1 Å². The lowest BCUT2D eigenvalue weighted by atomic mass is 9.74. The highest BCUT2D eigenvalue weighted by molar-refractivity contribution is 6.30. The summed E-state index contributed by atoms with van der Waals surface area (Å²) in [5, 5.41) is 15.0. The number of ether oxygens (including phenoxy) is 1. The van der Waals surface area contributed by atoms with E-state index < -0.39 is 83.6 Å². The molecule has 0 aromatic heterocycles. The Morgan fingerprint density at radius 2 is 1.84 bits per heavy atom. The van der Waals surface area contributed by atoms with E-state index in [1.54, 1.807) is 0 Å². The fourth-order valence-corrected chi connectivity index (χ4v) is 6.23. The number of fused-ring (bicyclic) bond motifs is 2. The second-order valence-corrected chi connectivity index (χ2v) is 10.8. The number of rotatable bonds is 8. The minimum Gasteiger partial charge on any atom is -0.391 e. The van der Waals surface area contributed by atoms with Crippen molar-refractivity contribution in [2.24, 2.45) is 11.3 Å². The van der Waals surface area contributed by atoms with Crippen LogP contribution in [0, 0.1) is 23.0 Å². The van der Waals surface area contributed by atoms with Crippen LogP contribution >= 0.6 is 11.6 Å². The van der Waals surface area contributed by atoms with E-state index in [1.165, 1.54) is 0 Å². The van der Waals surface area contributed by atoms with Crippen molar-refractivity contribution >= 4 is 23.4 Å². The molecule has 0 unspecified atom stereocenters. The Labute approximate surface area is 214 Å². The number of aliphatic hydroxyl groups excluding tert-OH is 1. The third-order valence-corrected chi connectivity index (χ3v) is 8.11. The van der Waals surface area contributed by atoms with Gasteiger partial charge in [-0.3, -0.25) is 9.59 Å². The van der Waals surface area contributed by atoms with Crippen LogP contribution in [0.3, 0.4) is 0 Å². The second kappa shape index (κ2) is 10.3. The van der Waals surface area contributed by atoms with Gasteiger partial charge < -0.3 is 20.5 Å². The van der Waals surface area contributed by atoms with Gasteiger partial charge in [0, 0.05) is 11.5 Å². The Balaban J connectivity index is 1.47. The molecule has 3 fully saturated rings. The van der Waals surface area contributed by atoms with Gasteiger partial charge in [-0.05, 0) is 62.5 Å². The van der Waals surface area contributed by atoms with Gasteiger partial charge in [-0.25, -0.2) is 13.2 Å². The first-order valence-corrected chi connectivity index (χ1v) is 12.3. The summed E-state index contributed by atoms with van der Waals surface area (Å²) in [7, 11) is 0. The minimum absolute atomic E-state index is 0.0280. The SMILES string of the molecule is O=C(COCC(F)(F)F)N[C@H]1C[C@H](C(=O)N[C@H](c2c(F)ccc(Cl)c2F)C23CCC(F)(CC2)C3)C[C@H]1O. The molecule has 2 bridgehead atoms. The zero-order valence-corrected chi connectivity index (χ0v) is 20.4. The van der Waals surface area contributed by atoms with Crippen molar-refractivity contribution in [1.82, 2.24) is 10.6 Å². The topological polar surface area (TPSA) is 87.7 Å². The summed E-state index contributed by atoms with van der Waals surface area (Å²) in [6.45, 7) is -2.50. The van der Waals surface area contributed by atoms with Crippen molar-refractivity contribution < 1.29 is 45.8 Å². The first-order valence-electron chi connectivity index (χ1n) is 12.0. The number of nitrogens with one attached hydrogen (secondary N) is 2. The average molecular weight is 557 g/mol. The van der Waals surface area contributed by atoms with Gasteiger partial charge in [0.2, 0.25) is 11.8 Å². The van der Waals surface area contributed by atoms with Crippen LogP contribution in [-0.4, -0.2) is 54.1 Å². The van der Waals surface area contributed by atoms with E-state index in [-0.39, 0.29) is 37.1 Å². The summed E-state index contributed by atoms with van der Waals surface area (Å²) in [6, 6.07) is -0.117. The summed E-state index contributed by atoms with van der Waals surface area (Å²) >= 11 is 5.90. The molecule has 1 aromatic carbocycles. The van der Waals surface area contributed by atoms with E-state index in [0.29, 0.717) is 12.8 Å². The number of halogens is 7. The Hall–Kier alpha value is -2.05. The number of carbonyl (C=O) groups excluding carboxylic acids is 2. The van der Waals surface area contributed by atoms with Crippen molar-refractivity contribution in [1.29, 1.82) is 0 Å². The van der Waals surface area contributed by atoms with Gasteiger partial charge in [-0.2, -0.15) is 13.2 Å². The van der Waals surface area contributed by atoms with Crippen molar-refractivity contribution in [2.45, 2.75) is 75.0 Å². The maximum absolute atomic E-state index is 15.1. The summed E-state index contributed by atoms with van der Waals surface area (Å²) < 4.78 is 85.8. The molecule has 0 aliphatic heterocycles. The molecule has 3 aliphatic carbocycles. The largest absolute Gasteiger partial charge is 0.411 e. The van der Waals surface area contributed by atoms with Gasteiger partial charge in [0.1, 0.15) is 30.5 Å². The normalized spacial score (nSPS) is 31.9. The van der Waals surface area contributed by atoms with E-state index in [2.05, 4.69) is 15.4 Å².